The zero-order chi connectivity index (χ0) is 23.4. The number of aryl methyl sites for hydroxylation is 1. The zero-order valence-corrected chi connectivity index (χ0v) is 19.1. The number of benzene rings is 2. The van der Waals surface area contributed by atoms with E-state index in [2.05, 4.69) is 14.6 Å². The van der Waals surface area contributed by atoms with Crippen molar-refractivity contribution in [1.29, 1.82) is 0 Å². The number of rotatable bonds is 6. The number of sulfonamides is 1. The highest BCUT2D eigenvalue weighted by atomic mass is 32.2. The summed E-state index contributed by atoms with van der Waals surface area (Å²) in [6, 6.07) is 15.7. The second-order valence-corrected chi connectivity index (χ2v) is 9.63. The van der Waals surface area contributed by atoms with Crippen LogP contribution in [-0.2, 0) is 16.6 Å². The molecule has 1 amide bonds. The summed E-state index contributed by atoms with van der Waals surface area (Å²) >= 11 is 0. The molecule has 0 spiro atoms. The van der Waals surface area contributed by atoms with E-state index in [-0.39, 0.29) is 16.5 Å². The standard InChI is InChI=1S/C24H25FN4O3S/c1-18-9-10-20(33(31,32)27-23-8-3-2-7-22(23)25)16-21(18)24(30)29-14-12-28(13-15-29)17-19-6-4-5-11-26-19/h2-11,16,27H,12-15,17H2,1H3. The van der Waals surface area contributed by atoms with Gasteiger partial charge in [-0.05, 0) is 48.9 Å². The maximum Gasteiger partial charge on any atom is 0.262 e. The van der Waals surface area contributed by atoms with Crippen LogP contribution >= 0.6 is 0 Å². The summed E-state index contributed by atoms with van der Waals surface area (Å²) in [6.07, 6.45) is 1.76. The zero-order valence-electron chi connectivity index (χ0n) is 18.2. The Morgan fingerprint density at radius 2 is 1.76 bits per heavy atom. The Hall–Kier alpha value is -3.30. The van der Waals surface area contributed by atoms with E-state index in [1.807, 2.05) is 18.2 Å². The first kappa shape index (κ1) is 22.9. The number of para-hydroxylation sites is 1. The quantitative estimate of drug-likeness (QED) is 0.600. The van der Waals surface area contributed by atoms with Crippen LogP contribution in [0.25, 0.3) is 0 Å². The van der Waals surface area contributed by atoms with Crippen LogP contribution in [-0.4, -0.2) is 55.3 Å². The van der Waals surface area contributed by atoms with Crippen molar-refractivity contribution >= 4 is 21.6 Å². The Morgan fingerprint density at radius 3 is 2.45 bits per heavy atom. The molecular weight excluding hydrogens is 443 g/mol. The molecule has 0 atom stereocenters. The topological polar surface area (TPSA) is 82.6 Å². The van der Waals surface area contributed by atoms with Crippen molar-refractivity contribution in [3.8, 4) is 0 Å². The van der Waals surface area contributed by atoms with Gasteiger partial charge in [0.2, 0.25) is 0 Å². The van der Waals surface area contributed by atoms with E-state index >= 15 is 0 Å². The first-order valence-electron chi connectivity index (χ1n) is 10.6. The minimum Gasteiger partial charge on any atom is -0.336 e. The molecule has 7 nitrogen and oxygen atoms in total. The molecule has 3 aromatic rings. The molecule has 0 unspecified atom stereocenters. The highest BCUT2D eigenvalue weighted by molar-refractivity contribution is 7.92. The van der Waals surface area contributed by atoms with Gasteiger partial charge in [-0.3, -0.25) is 19.4 Å². The molecule has 1 N–H and O–H groups in total. The molecule has 0 bridgehead atoms. The number of aromatic nitrogens is 1. The van der Waals surface area contributed by atoms with Crippen LogP contribution in [0.1, 0.15) is 21.6 Å². The summed E-state index contributed by atoms with van der Waals surface area (Å²) in [5.74, 6) is -0.888. The molecule has 2 aromatic carbocycles. The number of anilines is 1. The lowest BCUT2D eigenvalue weighted by atomic mass is 10.1. The number of hydrogen-bond donors (Lipinski definition) is 1. The first-order chi connectivity index (χ1) is 15.8. The lowest BCUT2D eigenvalue weighted by molar-refractivity contribution is 0.0626. The molecule has 0 saturated carbocycles. The lowest BCUT2D eigenvalue weighted by Crippen LogP contribution is -2.48. The maximum absolute atomic E-state index is 13.9. The van der Waals surface area contributed by atoms with Crippen molar-refractivity contribution in [1.82, 2.24) is 14.8 Å². The molecule has 1 aliphatic heterocycles. The molecule has 2 heterocycles. The second-order valence-electron chi connectivity index (χ2n) is 7.95. The molecule has 0 aliphatic carbocycles. The van der Waals surface area contributed by atoms with E-state index in [0.717, 1.165) is 12.2 Å². The van der Waals surface area contributed by atoms with Gasteiger partial charge in [0.05, 0.1) is 16.3 Å². The van der Waals surface area contributed by atoms with Crippen LogP contribution in [0.3, 0.4) is 0 Å². The van der Waals surface area contributed by atoms with Crippen molar-refractivity contribution in [3.63, 3.8) is 0 Å². The van der Waals surface area contributed by atoms with Gasteiger partial charge >= 0.3 is 0 Å². The van der Waals surface area contributed by atoms with Crippen molar-refractivity contribution < 1.29 is 17.6 Å². The molecule has 1 saturated heterocycles. The van der Waals surface area contributed by atoms with Crippen LogP contribution < -0.4 is 4.72 Å². The van der Waals surface area contributed by atoms with Gasteiger partial charge in [-0.15, -0.1) is 0 Å². The average Bonchev–Trinajstić information content (AvgIpc) is 2.81. The minimum absolute atomic E-state index is 0.0894. The Bertz CT molecular complexity index is 1240. The first-order valence-corrected chi connectivity index (χ1v) is 12.1. The van der Waals surface area contributed by atoms with Crippen LogP contribution in [0.2, 0.25) is 0 Å². The van der Waals surface area contributed by atoms with E-state index in [0.29, 0.717) is 37.3 Å². The summed E-state index contributed by atoms with van der Waals surface area (Å²) < 4.78 is 41.8. The molecule has 172 valence electrons. The predicted octanol–water partition coefficient (Wildman–Crippen LogP) is 3.29. The van der Waals surface area contributed by atoms with E-state index in [9.17, 15) is 17.6 Å². The smallest absolute Gasteiger partial charge is 0.262 e. The van der Waals surface area contributed by atoms with Crippen LogP contribution in [0, 0.1) is 12.7 Å². The van der Waals surface area contributed by atoms with Gasteiger partial charge in [-0.25, -0.2) is 12.8 Å². The third-order valence-corrected chi connectivity index (χ3v) is 7.00. The molecule has 1 aromatic heterocycles. The van der Waals surface area contributed by atoms with Gasteiger partial charge in [0.25, 0.3) is 15.9 Å². The lowest BCUT2D eigenvalue weighted by Gasteiger charge is -2.34. The van der Waals surface area contributed by atoms with Crippen molar-refractivity contribution in [2.24, 2.45) is 0 Å². The Kier molecular flexibility index (Phi) is 6.71. The van der Waals surface area contributed by atoms with Crippen LogP contribution in [0.4, 0.5) is 10.1 Å². The van der Waals surface area contributed by atoms with Gasteiger partial charge in [0.15, 0.2) is 0 Å². The molecule has 1 aliphatic rings. The average molecular weight is 469 g/mol. The number of nitrogens with one attached hydrogen (secondary N) is 1. The van der Waals surface area contributed by atoms with E-state index < -0.39 is 15.8 Å². The van der Waals surface area contributed by atoms with Crippen LogP contribution in [0.15, 0.2) is 71.8 Å². The van der Waals surface area contributed by atoms with Gasteiger partial charge < -0.3 is 4.90 Å². The second kappa shape index (κ2) is 9.68. The SMILES string of the molecule is Cc1ccc(S(=O)(=O)Nc2ccccc2F)cc1C(=O)N1CCN(Cc2ccccn2)CC1. The maximum atomic E-state index is 13.9. The van der Waals surface area contributed by atoms with Crippen molar-refractivity contribution in [2.75, 3.05) is 30.9 Å². The number of nitrogens with zero attached hydrogens (tertiary/aromatic N) is 3. The summed E-state index contributed by atoms with van der Waals surface area (Å²) in [5.41, 5.74) is 1.84. The Labute approximate surface area is 192 Å². The number of hydrogen-bond acceptors (Lipinski definition) is 5. The number of carbonyl (C=O) groups is 1. The van der Waals surface area contributed by atoms with E-state index in [4.69, 9.17) is 0 Å². The summed E-state index contributed by atoms with van der Waals surface area (Å²) in [4.78, 5) is 21.4. The molecule has 4 rings (SSSR count). The molecule has 1 fully saturated rings. The number of pyridine rings is 1. The Balaban J connectivity index is 1.46. The van der Waals surface area contributed by atoms with Gasteiger partial charge in [0, 0.05) is 44.5 Å². The monoisotopic (exact) mass is 468 g/mol. The fourth-order valence-corrected chi connectivity index (χ4v) is 4.84. The van der Waals surface area contributed by atoms with Gasteiger partial charge in [0.1, 0.15) is 5.82 Å². The summed E-state index contributed by atoms with van der Waals surface area (Å²) in [6.45, 7) is 4.97. The van der Waals surface area contributed by atoms with Crippen molar-refractivity contribution in [3.05, 3.63) is 89.5 Å². The normalized spacial score (nSPS) is 14.8. The number of carbonyl (C=O) groups excluding carboxylic acids is 1. The summed E-state index contributed by atoms with van der Waals surface area (Å²) in [7, 11) is -4.06. The van der Waals surface area contributed by atoms with E-state index in [1.165, 1.54) is 30.3 Å². The van der Waals surface area contributed by atoms with Gasteiger partial charge in [-0.2, -0.15) is 0 Å². The number of piperazine rings is 1. The predicted molar refractivity (Wildman–Crippen MR) is 124 cm³/mol. The number of halogens is 1. The third kappa shape index (κ3) is 5.37. The van der Waals surface area contributed by atoms with Gasteiger partial charge in [-0.1, -0.05) is 24.3 Å². The molecular formula is C24H25FN4O3S. The molecule has 0 radical (unpaired) electrons. The highest BCUT2D eigenvalue weighted by Crippen LogP contribution is 2.22. The largest absolute Gasteiger partial charge is 0.336 e. The number of amides is 1. The highest BCUT2D eigenvalue weighted by Gasteiger charge is 2.25. The fraction of sp³-hybridized carbons (Fsp3) is 0.250. The fourth-order valence-electron chi connectivity index (χ4n) is 3.75. The summed E-state index contributed by atoms with van der Waals surface area (Å²) in [5, 5.41) is 0. The third-order valence-electron chi connectivity index (χ3n) is 5.64. The van der Waals surface area contributed by atoms with Crippen LogP contribution in [0.5, 0.6) is 0 Å². The van der Waals surface area contributed by atoms with E-state index in [1.54, 1.807) is 30.2 Å². The molecule has 33 heavy (non-hydrogen) atoms. The Morgan fingerprint density at radius 1 is 1.03 bits per heavy atom. The minimum atomic E-state index is -4.06. The molecule has 9 heteroatoms. The van der Waals surface area contributed by atoms with Crippen molar-refractivity contribution in [2.45, 2.75) is 18.4 Å².